The van der Waals surface area contributed by atoms with Crippen molar-refractivity contribution in [2.24, 2.45) is 10.3 Å². The predicted octanol–water partition coefficient (Wildman–Crippen LogP) is 2.43. The summed E-state index contributed by atoms with van der Waals surface area (Å²) in [7, 11) is 0. The van der Waals surface area contributed by atoms with Gasteiger partial charge in [-0.1, -0.05) is 23.4 Å². The van der Waals surface area contributed by atoms with Crippen LogP contribution in [0.5, 0.6) is 0 Å². The molecule has 0 saturated carbocycles. The summed E-state index contributed by atoms with van der Waals surface area (Å²) in [6, 6.07) is 9.56. The highest BCUT2D eigenvalue weighted by atomic mass is 15.5. The molecule has 1 aromatic carbocycles. The van der Waals surface area contributed by atoms with Crippen LogP contribution < -0.4 is 0 Å². The molecule has 0 spiro atoms. The molecule has 2 aromatic rings. The van der Waals surface area contributed by atoms with Gasteiger partial charge in [0.25, 0.3) is 0 Å². The zero-order valence-corrected chi connectivity index (χ0v) is 6.91. The van der Waals surface area contributed by atoms with Gasteiger partial charge in [-0.05, 0) is 12.1 Å². The van der Waals surface area contributed by atoms with Crippen molar-refractivity contribution in [3.8, 4) is 0 Å². The molecule has 0 amide bonds. The van der Waals surface area contributed by atoms with E-state index in [9.17, 15) is 0 Å². The maximum atomic E-state index is 4.00. The SMILES string of the molecule is c1ccc(N=Nn2ccnc2)cc1. The molecule has 0 fully saturated rings. The van der Waals surface area contributed by atoms with Crippen molar-refractivity contribution in [3.05, 3.63) is 49.1 Å². The second-order valence-electron chi connectivity index (χ2n) is 2.47. The Bertz CT molecular complexity index is 377. The van der Waals surface area contributed by atoms with Crippen molar-refractivity contribution in [2.45, 2.75) is 0 Å². The zero-order valence-electron chi connectivity index (χ0n) is 6.91. The summed E-state index contributed by atoms with van der Waals surface area (Å²) >= 11 is 0. The molecule has 4 heteroatoms. The van der Waals surface area contributed by atoms with E-state index in [-0.39, 0.29) is 0 Å². The third kappa shape index (κ3) is 1.99. The minimum atomic E-state index is 0.830. The summed E-state index contributed by atoms with van der Waals surface area (Å²) in [5.74, 6) is 0. The molecule has 0 aliphatic carbocycles. The fourth-order valence-electron chi connectivity index (χ4n) is 0.903. The van der Waals surface area contributed by atoms with E-state index in [1.807, 2.05) is 30.3 Å². The van der Waals surface area contributed by atoms with Crippen molar-refractivity contribution in [2.75, 3.05) is 0 Å². The number of aromatic nitrogens is 2. The first-order valence-electron chi connectivity index (χ1n) is 3.90. The molecule has 0 N–H and O–H groups in total. The van der Waals surface area contributed by atoms with Crippen LogP contribution in [0, 0.1) is 0 Å². The van der Waals surface area contributed by atoms with Crippen LogP contribution in [0.3, 0.4) is 0 Å². The van der Waals surface area contributed by atoms with Crippen molar-refractivity contribution in [3.63, 3.8) is 0 Å². The first kappa shape index (κ1) is 7.67. The van der Waals surface area contributed by atoms with Crippen LogP contribution in [-0.2, 0) is 0 Å². The molecule has 0 atom stereocenters. The summed E-state index contributed by atoms with van der Waals surface area (Å²) in [5.41, 5.74) is 0.830. The highest BCUT2D eigenvalue weighted by Crippen LogP contribution is 2.09. The van der Waals surface area contributed by atoms with E-state index in [1.165, 1.54) is 0 Å². The van der Waals surface area contributed by atoms with Crippen LogP contribution in [0.15, 0.2) is 59.4 Å². The summed E-state index contributed by atoms with van der Waals surface area (Å²) in [6.45, 7) is 0. The maximum absolute atomic E-state index is 4.00. The number of rotatable bonds is 2. The lowest BCUT2D eigenvalue weighted by Gasteiger charge is -1.89. The molecule has 13 heavy (non-hydrogen) atoms. The topological polar surface area (TPSA) is 42.5 Å². The summed E-state index contributed by atoms with van der Waals surface area (Å²) in [5, 5.41) is 7.91. The molecular weight excluding hydrogens is 164 g/mol. The highest BCUT2D eigenvalue weighted by molar-refractivity contribution is 5.34. The molecule has 0 unspecified atom stereocenters. The van der Waals surface area contributed by atoms with Crippen molar-refractivity contribution >= 4 is 5.69 Å². The summed E-state index contributed by atoms with van der Waals surface area (Å²) in [6.07, 6.45) is 4.98. The maximum Gasteiger partial charge on any atom is 0.118 e. The second kappa shape index (κ2) is 3.62. The molecule has 1 heterocycles. The Balaban J connectivity index is 2.15. The van der Waals surface area contributed by atoms with E-state index < -0.39 is 0 Å². The smallest absolute Gasteiger partial charge is 0.118 e. The number of benzene rings is 1. The number of hydrogen-bond donors (Lipinski definition) is 0. The van der Waals surface area contributed by atoms with Gasteiger partial charge in [0, 0.05) is 6.20 Å². The summed E-state index contributed by atoms with van der Waals surface area (Å²) in [4.78, 5) is 3.84. The van der Waals surface area contributed by atoms with E-state index in [4.69, 9.17) is 0 Å². The molecule has 64 valence electrons. The molecule has 0 aliphatic heterocycles. The van der Waals surface area contributed by atoms with E-state index >= 15 is 0 Å². The van der Waals surface area contributed by atoms with Gasteiger partial charge in [0.2, 0.25) is 0 Å². The van der Waals surface area contributed by atoms with E-state index in [0.717, 1.165) is 5.69 Å². The average molecular weight is 172 g/mol. The van der Waals surface area contributed by atoms with E-state index in [0.29, 0.717) is 0 Å². The third-order valence-corrected chi connectivity index (χ3v) is 1.51. The fourth-order valence-corrected chi connectivity index (χ4v) is 0.903. The molecule has 0 aliphatic rings. The fraction of sp³-hybridized carbons (Fsp3) is 0. The van der Waals surface area contributed by atoms with Gasteiger partial charge in [0.05, 0.1) is 11.9 Å². The lowest BCUT2D eigenvalue weighted by atomic mass is 10.3. The van der Waals surface area contributed by atoms with Crippen LogP contribution in [0.1, 0.15) is 0 Å². The molecule has 2 rings (SSSR count). The standard InChI is InChI=1S/C9H8N4/c1-2-4-9(5-3-1)11-12-13-7-6-10-8-13/h1-8H. The second-order valence-corrected chi connectivity index (χ2v) is 2.47. The zero-order chi connectivity index (χ0) is 8.93. The Hall–Kier alpha value is -1.97. The van der Waals surface area contributed by atoms with Gasteiger partial charge in [-0.15, -0.1) is 5.11 Å². The average Bonchev–Trinajstić information content (AvgIpc) is 2.69. The van der Waals surface area contributed by atoms with E-state index in [1.54, 1.807) is 23.4 Å². The molecule has 0 bridgehead atoms. The minimum absolute atomic E-state index is 0.830. The summed E-state index contributed by atoms with van der Waals surface area (Å²) < 4.78 is 1.55. The number of hydrogen-bond acceptors (Lipinski definition) is 3. The predicted molar refractivity (Wildman–Crippen MR) is 48.6 cm³/mol. The normalized spacial score (nSPS) is 10.8. The van der Waals surface area contributed by atoms with Gasteiger partial charge in [-0.25, -0.2) is 9.66 Å². The molecule has 0 radical (unpaired) electrons. The third-order valence-electron chi connectivity index (χ3n) is 1.51. The number of imidazole rings is 1. The Morgan fingerprint density at radius 3 is 2.69 bits per heavy atom. The van der Waals surface area contributed by atoms with E-state index in [2.05, 4.69) is 15.3 Å². The van der Waals surface area contributed by atoms with Crippen LogP contribution in [0.25, 0.3) is 0 Å². The lowest BCUT2D eigenvalue weighted by Crippen LogP contribution is -1.78. The molecular formula is C9H8N4. The van der Waals surface area contributed by atoms with Gasteiger partial charge >= 0.3 is 0 Å². The van der Waals surface area contributed by atoms with Crippen LogP contribution in [0.4, 0.5) is 5.69 Å². The highest BCUT2D eigenvalue weighted by Gasteiger charge is 1.85. The monoisotopic (exact) mass is 172 g/mol. The van der Waals surface area contributed by atoms with Gasteiger partial charge < -0.3 is 0 Å². The number of nitrogens with zero attached hydrogens (tertiary/aromatic N) is 4. The van der Waals surface area contributed by atoms with Crippen LogP contribution in [-0.4, -0.2) is 9.66 Å². The minimum Gasteiger partial charge on any atom is -0.243 e. The first-order valence-corrected chi connectivity index (χ1v) is 3.90. The van der Waals surface area contributed by atoms with Crippen molar-refractivity contribution in [1.29, 1.82) is 0 Å². The van der Waals surface area contributed by atoms with Crippen LogP contribution >= 0.6 is 0 Å². The quantitative estimate of drug-likeness (QED) is 0.641. The largest absolute Gasteiger partial charge is 0.243 e. The van der Waals surface area contributed by atoms with Gasteiger partial charge in [-0.2, -0.15) is 0 Å². The Morgan fingerprint density at radius 2 is 2.00 bits per heavy atom. The lowest BCUT2D eigenvalue weighted by molar-refractivity contribution is 0.802. The Labute approximate surface area is 75.5 Å². The van der Waals surface area contributed by atoms with Crippen molar-refractivity contribution < 1.29 is 0 Å². The van der Waals surface area contributed by atoms with Gasteiger partial charge in [-0.3, -0.25) is 0 Å². The van der Waals surface area contributed by atoms with Crippen molar-refractivity contribution in [1.82, 2.24) is 9.66 Å². The van der Waals surface area contributed by atoms with Gasteiger partial charge in [0.15, 0.2) is 0 Å². The molecule has 1 aromatic heterocycles. The Morgan fingerprint density at radius 1 is 1.15 bits per heavy atom. The Kier molecular flexibility index (Phi) is 2.14. The molecule has 4 nitrogen and oxygen atoms in total. The first-order chi connectivity index (χ1) is 6.45. The molecule has 0 saturated heterocycles. The van der Waals surface area contributed by atoms with Gasteiger partial charge in [0.1, 0.15) is 6.33 Å². The van der Waals surface area contributed by atoms with Crippen LogP contribution in [0.2, 0.25) is 0 Å².